The van der Waals surface area contributed by atoms with Crippen LogP contribution in [-0.2, 0) is 0 Å². The molecule has 0 aliphatic heterocycles. The van der Waals surface area contributed by atoms with E-state index in [1.807, 2.05) is 0 Å². The lowest BCUT2D eigenvalue weighted by Gasteiger charge is -2.05. The zero-order valence-electron chi connectivity index (χ0n) is 7.09. The molecular weight excluding hydrogens is 248 g/mol. The van der Waals surface area contributed by atoms with Crippen LogP contribution in [0.1, 0.15) is 17.4 Å². The fourth-order valence-corrected chi connectivity index (χ4v) is 1.45. The second-order valence-electron chi connectivity index (χ2n) is 2.72. The number of hydrogen-bond acceptors (Lipinski definition) is 4. The van der Waals surface area contributed by atoms with Crippen molar-refractivity contribution in [1.82, 2.24) is 9.97 Å². The fraction of sp³-hybridized carbons (Fsp3) is 0.111. The molecule has 2 rings (SSSR count). The molecule has 0 aliphatic carbocycles. The third-order valence-electron chi connectivity index (χ3n) is 1.77. The molecule has 0 aromatic carbocycles. The summed E-state index contributed by atoms with van der Waals surface area (Å²) in [5, 5.41) is 9.82. The molecule has 0 saturated heterocycles. The first kappa shape index (κ1) is 9.36. The molecule has 0 radical (unpaired) electrons. The SMILES string of the molecule is OC(c1coc(Br)c1)c1cnccn1. The molecule has 0 aliphatic rings. The molecule has 0 fully saturated rings. The lowest BCUT2D eigenvalue weighted by atomic mass is 10.1. The van der Waals surface area contributed by atoms with Crippen LogP contribution in [0.25, 0.3) is 0 Å². The summed E-state index contributed by atoms with van der Waals surface area (Å²) >= 11 is 3.16. The third kappa shape index (κ3) is 1.83. The van der Waals surface area contributed by atoms with Crippen LogP contribution < -0.4 is 0 Å². The van der Waals surface area contributed by atoms with Crippen molar-refractivity contribution in [2.75, 3.05) is 0 Å². The molecule has 72 valence electrons. The van der Waals surface area contributed by atoms with Gasteiger partial charge in [-0.25, -0.2) is 0 Å². The first-order valence-corrected chi connectivity index (χ1v) is 4.74. The van der Waals surface area contributed by atoms with Gasteiger partial charge in [-0.2, -0.15) is 0 Å². The quantitative estimate of drug-likeness (QED) is 0.890. The molecule has 5 heteroatoms. The minimum atomic E-state index is -0.793. The summed E-state index contributed by atoms with van der Waals surface area (Å²) in [6, 6.07) is 1.69. The van der Waals surface area contributed by atoms with Crippen molar-refractivity contribution in [1.29, 1.82) is 0 Å². The smallest absolute Gasteiger partial charge is 0.169 e. The Hall–Kier alpha value is -1.20. The molecule has 0 spiro atoms. The van der Waals surface area contributed by atoms with E-state index in [1.54, 1.807) is 12.3 Å². The van der Waals surface area contributed by atoms with E-state index < -0.39 is 6.10 Å². The summed E-state index contributed by atoms with van der Waals surface area (Å²) in [6.45, 7) is 0. The number of nitrogens with zero attached hydrogens (tertiary/aromatic N) is 2. The van der Waals surface area contributed by atoms with E-state index in [9.17, 15) is 5.11 Å². The maximum Gasteiger partial charge on any atom is 0.169 e. The van der Waals surface area contributed by atoms with Crippen LogP contribution in [0, 0.1) is 0 Å². The molecule has 0 bridgehead atoms. The standard InChI is InChI=1S/C9H7BrN2O2/c10-8-3-6(5-14-8)9(13)7-4-11-1-2-12-7/h1-5,9,13H. The van der Waals surface area contributed by atoms with Crippen molar-refractivity contribution in [3.05, 3.63) is 46.8 Å². The van der Waals surface area contributed by atoms with E-state index in [0.717, 1.165) is 0 Å². The molecule has 1 N–H and O–H groups in total. The number of hydrogen-bond donors (Lipinski definition) is 1. The highest BCUT2D eigenvalue weighted by Gasteiger charge is 2.14. The summed E-state index contributed by atoms with van der Waals surface area (Å²) in [7, 11) is 0. The Morgan fingerprint density at radius 1 is 1.43 bits per heavy atom. The summed E-state index contributed by atoms with van der Waals surface area (Å²) < 4.78 is 5.59. The molecule has 2 aromatic rings. The van der Waals surface area contributed by atoms with Gasteiger partial charge in [-0.3, -0.25) is 9.97 Å². The van der Waals surface area contributed by atoms with Gasteiger partial charge in [0.25, 0.3) is 0 Å². The lowest BCUT2D eigenvalue weighted by molar-refractivity contribution is 0.214. The third-order valence-corrected chi connectivity index (χ3v) is 2.18. The Morgan fingerprint density at radius 2 is 2.29 bits per heavy atom. The maximum atomic E-state index is 9.82. The second-order valence-corrected chi connectivity index (χ2v) is 3.50. The highest BCUT2D eigenvalue weighted by Crippen LogP contribution is 2.23. The Balaban J connectivity index is 2.29. The molecule has 1 unspecified atom stereocenters. The van der Waals surface area contributed by atoms with Gasteiger partial charge in [-0.1, -0.05) is 0 Å². The van der Waals surface area contributed by atoms with Gasteiger partial charge >= 0.3 is 0 Å². The number of halogens is 1. The van der Waals surface area contributed by atoms with Crippen LogP contribution in [0.2, 0.25) is 0 Å². The van der Waals surface area contributed by atoms with Gasteiger partial charge < -0.3 is 9.52 Å². The Bertz CT molecular complexity index is 416. The topological polar surface area (TPSA) is 59.2 Å². The average Bonchev–Trinajstić information content (AvgIpc) is 2.65. The predicted octanol–water partition coefficient (Wildman–Crippen LogP) is 1.91. The normalized spacial score (nSPS) is 12.7. The molecule has 2 heterocycles. The van der Waals surface area contributed by atoms with Crippen LogP contribution in [0.5, 0.6) is 0 Å². The predicted molar refractivity (Wildman–Crippen MR) is 52.5 cm³/mol. The minimum Gasteiger partial charge on any atom is -0.457 e. The van der Waals surface area contributed by atoms with E-state index in [-0.39, 0.29) is 0 Å². The van der Waals surface area contributed by atoms with Crippen molar-refractivity contribution < 1.29 is 9.52 Å². The molecule has 2 aromatic heterocycles. The van der Waals surface area contributed by atoms with Gasteiger partial charge in [-0.05, 0) is 22.0 Å². The first-order chi connectivity index (χ1) is 6.77. The molecule has 0 saturated carbocycles. The van der Waals surface area contributed by atoms with E-state index in [0.29, 0.717) is 15.9 Å². The van der Waals surface area contributed by atoms with Gasteiger partial charge in [0.15, 0.2) is 4.67 Å². The van der Waals surface area contributed by atoms with Gasteiger partial charge in [-0.15, -0.1) is 0 Å². The summed E-state index contributed by atoms with van der Waals surface area (Å²) in [5.41, 5.74) is 1.15. The maximum absolute atomic E-state index is 9.82. The van der Waals surface area contributed by atoms with E-state index in [1.165, 1.54) is 18.7 Å². The molecule has 1 atom stereocenters. The highest BCUT2D eigenvalue weighted by atomic mass is 79.9. The van der Waals surface area contributed by atoms with E-state index in [4.69, 9.17) is 4.42 Å². The largest absolute Gasteiger partial charge is 0.457 e. The van der Waals surface area contributed by atoms with Crippen molar-refractivity contribution in [2.24, 2.45) is 0 Å². The lowest BCUT2D eigenvalue weighted by Crippen LogP contribution is -2.00. The van der Waals surface area contributed by atoms with Crippen LogP contribution >= 0.6 is 15.9 Å². The Morgan fingerprint density at radius 3 is 2.86 bits per heavy atom. The van der Waals surface area contributed by atoms with Gasteiger partial charge in [0.05, 0.1) is 18.2 Å². The number of aliphatic hydroxyl groups excluding tert-OH is 1. The van der Waals surface area contributed by atoms with E-state index in [2.05, 4.69) is 25.9 Å². The Labute approximate surface area is 88.7 Å². The highest BCUT2D eigenvalue weighted by molar-refractivity contribution is 9.10. The number of aliphatic hydroxyl groups is 1. The fourth-order valence-electron chi connectivity index (χ4n) is 1.09. The van der Waals surface area contributed by atoms with Gasteiger partial charge in [0.1, 0.15) is 6.10 Å². The molecule has 4 nitrogen and oxygen atoms in total. The summed E-state index contributed by atoms with van der Waals surface area (Å²) in [4.78, 5) is 7.87. The number of rotatable bonds is 2. The number of aromatic nitrogens is 2. The van der Waals surface area contributed by atoms with Crippen molar-refractivity contribution in [2.45, 2.75) is 6.10 Å². The van der Waals surface area contributed by atoms with Gasteiger partial charge in [0, 0.05) is 18.0 Å². The van der Waals surface area contributed by atoms with Gasteiger partial charge in [0.2, 0.25) is 0 Å². The van der Waals surface area contributed by atoms with Crippen LogP contribution in [0.15, 0.2) is 40.0 Å². The second kappa shape index (κ2) is 3.89. The molecular formula is C9H7BrN2O2. The molecule has 14 heavy (non-hydrogen) atoms. The Kier molecular flexibility index (Phi) is 2.60. The average molecular weight is 255 g/mol. The summed E-state index contributed by atoms with van der Waals surface area (Å²) in [5.74, 6) is 0. The van der Waals surface area contributed by atoms with Crippen molar-refractivity contribution in [3.63, 3.8) is 0 Å². The van der Waals surface area contributed by atoms with Crippen LogP contribution in [0.4, 0.5) is 0 Å². The zero-order chi connectivity index (χ0) is 9.97. The first-order valence-electron chi connectivity index (χ1n) is 3.95. The number of furan rings is 1. The van der Waals surface area contributed by atoms with Crippen molar-refractivity contribution >= 4 is 15.9 Å². The monoisotopic (exact) mass is 254 g/mol. The zero-order valence-corrected chi connectivity index (χ0v) is 8.68. The summed E-state index contributed by atoms with van der Waals surface area (Å²) in [6.07, 6.45) is 5.29. The minimum absolute atomic E-state index is 0.501. The van der Waals surface area contributed by atoms with Crippen LogP contribution in [-0.4, -0.2) is 15.1 Å². The van der Waals surface area contributed by atoms with Crippen LogP contribution in [0.3, 0.4) is 0 Å². The van der Waals surface area contributed by atoms with Crippen molar-refractivity contribution in [3.8, 4) is 0 Å². The van der Waals surface area contributed by atoms with E-state index >= 15 is 0 Å². The molecule has 0 amide bonds.